The number of allylic oxidation sites excluding steroid dienone is 4. The van der Waals surface area contributed by atoms with Crippen molar-refractivity contribution in [1.82, 2.24) is 0 Å². The van der Waals surface area contributed by atoms with Crippen molar-refractivity contribution in [1.29, 1.82) is 0 Å². The number of hydrogen-bond donors (Lipinski definition) is 1. The Kier molecular flexibility index (Phi) is 5.68. The van der Waals surface area contributed by atoms with Crippen LogP contribution < -0.4 is 9.47 Å². The first-order chi connectivity index (χ1) is 18.7. The predicted octanol–water partition coefficient (Wildman–Crippen LogP) is 5.55. The van der Waals surface area contributed by atoms with Crippen LogP contribution in [0.15, 0.2) is 34.9 Å². The molecule has 3 heterocycles. The van der Waals surface area contributed by atoms with Crippen LogP contribution in [0.25, 0.3) is 0 Å². The van der Waals surface area contributed by atoms with Gasteiger partial charge in [0.05, 0.1) is 5.60 Å². The van der Waals surface area contributed by atoms with Crippen LogP contribution in [0.1, 0.15) is 89.2 Å². The highest BCUT2D eigenvalue weighted by Gasteiger charge is 2.81. The summed E-state index contributed by atoms with van der Waals surface area (Å²) >= 11 is 0. The van der Waals surface area contributed by atoms with E-state index in [0.29, 0.717) is 53.7 Å². The first-order valence-corrected chi connectivity index (χ1v) is 14.2. The number of phenolic OH excluding ortho intramolecular Hbond substituents is 1. The zero-order chi connectivity index (χ0) is 29.0. The van der Waals surface area contributed by atoms with Gasteiger partial charge in [-0.25, -0.2) is 0 Å². The molecule has 212 valence electrons. The average molecular weight is 547 g/mol. The molecule has 7 nitrogen and oxygen atoms in total. The number of hydrogen-bond acceptors (Lipinski definition) is 7. The van der Waals surface area contributed by atoms with Crippen molar-refractivity contribution in [2.24, 2.45) is 11.8 Å². The number of ether oxygens (including phenoxy) is 3. The van der Waals surface area contributed by atoms with Gasteiger partial charge in [-0.15, -0.1) is 0 Å². The van der Waals surface area contributed by atoms with Gasteiger partial charge in [0.15, 0.2) is 22.8 Å². The van der Waals surface area contributed by atoms with E-state index in [4.69, 9.17) is 14.2 Å². The molecule has 7 heteroatoms. The van der Waals surface area contributed by atoms with Crippen LogP contribution in [0.5, 0.6) is 17.2 Å². The Morgan fingerprint density at radius 1 is 1.07 bits per heavy atom. The summed E-state index contributed by atoms with van der Waals surface area (Å²) < 4.78 is 20.3. The summed E-state index contributed by atoms with van der Waals surface area (Å²) in [6.45, 7) is 13.6. The number of benzene rings is 1. The molecule has 1 saturated carbocycles. The van der Waals surface area contributed by atoms with Gasteiger partial charge in [-0.1, -0.05) is 23.8 Å². The summed E-state index contributed by atoms with van der Waals surface area (Å²) in [7, 11) is 0. The quantitative estimate of drug-likeness (QED) is 0.294. The maximum atomic E-state index is 14.5. The van der Waals surface area contributed by atoms with Gasteiger partial charge in [0.25, 0.3) is 0 Å². The van der Waals surface area contributed by atoms with E-state index in [2.05, 4.69) is 6.08 Å². The van der Waals surface area contributed by atoms with Crippen molar-refractivity contribution in [3.05, 3.63) is 51.6 Å². The number of phenols is 1. The molecule has 4 bridgehead atoms. The molecular weight excluding hydrogens is 508 g/mol. The molecule has 1 spiro atoms. The molecule has 0 radical (unpaired) electrons. The van der Waals surface area contributed by atoms with Crippen molar-refractivity contribution in [3.8, 4) is 17.2 Å². The molecule has 1 aromatic rings. The highest BCUT2D eigenvalue weighted by Crippen LogP contribution is 2.68. The van der Waals surface area contributed by atoms with Crippen LogP contribution in [0, 0.1) is 11.8 Å². The van der Waals surface area contributed by atoms with Crippen molar-refractivity contribution < 1.29 is 33.7 Å². The summed E-state index contributed by atoms with van der Waals surface area (Å²) in [5, 5.41) is 11.6. The lowest BCUT2D eigenvalue weighted by molar-refractivity contribution is -0.171. The topological polar surface area (TPSA) is 99.1 Å². The van der Waals surface area contributed by atoms with E-state index in [0.717, 1.165) is 11.9 Å². The Hall–Kier alpha value is -3.19. The molecule has 3 aliphatic heterocycles. The molecule has 3 aliphatic carbocycles. The summed E-state index contributed by atoms with van der Waals surface area (Å²) in [6, 6.07) is 0. The minimum atomic E-state index is -1.48. The summed E-state index contributed by atoms with van der Waals surface area (Å²) in [5.74, 6) is -0.533. The number of aromatic hydroxyl groups is 1. The van der Waals surface area contributed by atoms with Crippen molar-refractivity contribution in [2.75, 3.05) is 0 Å². The van der Waals surface area contributed by atoms with E-state index in [1.807, 2.05) is 41.5 Å². The standard InChI is InChI=1S/C33H38O7/c1-17(2)8-9-21-27-20(11-12-30(4,5)38-27)25(35)24-26(36)22-14-19-15-23-31(6,7)40-32(29(19)37,13-10-18(3)16-34)33(22,23)39-28(21)24/h8,10,14,16,19,23,35H,9,11-13,15H2,1-7H3/b18-10-. The van der Waals surface area contributed by atoms with Gasteiger partial charge in [-0.3, -0.25) is 14.4 Å². The number of ketones is 2. The van der Waals surface area contributed by atoms with Crippen molar-refractivity contribution in [3.63, 3.8) is 0 Å². The molecule has 2 fully saturated rings. The number of fused-ring (bicyclic) bond motifs is 2. The van der Waals surface area contributed by atoms with E-state index in [1.165, 1.54) is 0 Å². The maximum Gasteiger partial charge on any atom is 0.200 e. The van der Waals surface area contributed by atoms with E-state index in [9.17, 15) is 19.5 Å². The third-order valence-corrected chi connectivity index (χ3v) is 9.63. The van der Waals surface area contributed by atoms with Crippen LogP contribution >= 0.6 is 0 Å². The predicted molar refractivity (Wildman–Crippen MR) is 149 cm³/mol. The SMILES string of the molecule is CC(C)=CCc1c2c(c(O)c3c1OC14C(=CC5CC1C(C)(C)OC4(C/C=C(/C)C=O)C5=O)C3=O)CCC(C)(C)O2. The Balaban J connectivity index is 1.66. The van der Waals surface area contributed by atoms with Gasteiger partial charge in [0.1, 0.15) is 34.7 Å². The van der Waals surface area contributed by atoms with Gasteiger partial charge in [0, 0.05) is 35.0 Å². The fourth-order valence-electron chi connectivity index (χ4n) is 7.71. The second-order valence-corrected chi connectivity index (χ2v) is 13.5. The van der Waals surface area contributed by atoms with Gasteiger partial charge in [-0.2, -0.15) is 0 Å². The number of carbonyl (C=O) groups is 3. The molecule has 7 rings (SSSR count). The Morgan fingerprint density at radius 2 is 1.80 bits per heavy atom. The van der Waals surface area contributed by atoms with Gasteiger partial charge in [-0.05, 0) is 79.7 Å². The largest absolute Gasteiger partial charge is 0.507 e. The van der Waals surface area contributed by atoms with Crippen LogP contribution in [0.3, 0.4) is 0 Å². The Morgan fingerprint density at radius 3 is 2.48 bits per heavy atom. The van der Waals surface area contributed by atoms with Crippen molar-refractivity contribution in [2.45, 2.75) is 103 Å². The Labute approximate surface area is 235 Å². The van der Waals surface area contributed by atoms with Crippen molar-refractivity contribution >= 4 is 17.9 Å². The van der Waals surface area contributed by atoms with Crippen LogP contribution in [-0.4, -0.2) is 45.4 Å². The zero-order valence-corrected chi connectivity index (χ0v) is 24.4. The lowest BCUT2D eigenvalue weighted by Crippen LogP contribution is -2.72. The molecule has 1 N–H and O–H groups in total. The van der Waals surface area contributed by atoms with Gasteiger partial charge in [0.2, 0.25) is 0 Å². The second kappa shape index (κ2) is 8.41. The number of Topliss-reactive ketones (excluding diaryl/α,β-unsaturated/α-hetero) is 2. The molecule has 1 saturated heterocycles. The smallest absolute Gasteiger partial charge is 0.200 e. The van der Waals surface area contributed by atoms with Crippen LogP contribution in [0.4, 0.5) is 0 Å². The van der Waals surface area contributed by atoms with Crippen LogP contribution in [0.2, 0.25) is 0 Å². The number of rotatable bonds is 5. The third-order valence-electron chi connectivity index (χ3n) is 9.63. The first kappa shape index (κ1) is 27.0. The van der Waals surface area contributed by atoms with Crippen LogP contribution in [-0.2, 0) is 27.2 Å². The minimum absolute atomic E-state index is 0.103. The monoisotopic (exact) mass is 546 g/mol. The molecule has 4 unspecified atom stereocenters. The summed E-state index contributed by atoms with van der Waals surface area (Å²) in [5.41, 5.74) is -0.699. The molecule has 6 aliphatic rings. The highest BCUT2D eigenvalue weighted by molar-refractivity contribution is 6.18. The summed E-state index contributed by atoms with van der Waals surface area (Å²) in [4.78, 5) is 40.2. The highest BCUT2D eigenvalue weighted by atomic mass is 16.6. The Bertz CT molecular complexity index is 1470. The van der Waals surface area contributed by atoms with E-state index >= 15 is 0 Å². The molecule has 1 aromatic carbocycles. The lowest BCUT2D eigenvalue weighted by Gasteiger charge is -2.56. The van der Waals surface area contributed by atoms with Gasteiger partial charge >= 0.3 is 0 Å². The first-order valence-electron chi connectivity index (χ1n) is 14.2. The lowest BCUT2D eigenvalue weighted by atomic mass is 9.51. The van der Waals surface area contributed by atoms with E-state index < -0.39 is 28.3 Å². The molecule has 0 aromatic heterocycles. The average Bonchev–Trinajstić information content (AvgIpc) is 3.03. The maximum absolute atomic E-state index is 14.5. The molecule has 40 heavy (non-hydrogen) atoms. The fourth-order valence-corrected chi connectivity index (χ4v) is 7.71. The molecular formula is C33H38O7. The third kappa shape index (κ3) is 3.36. The van der Waals surface area contributed by atoms with Gasteiger partial charge < -0.3 is 19.3 Å². The number of carbonyl (C=O) groups excluding carboxylic acids is 3. The molecule has 0 amide bonds. The molecule has 4 atom stereocenters. The number of aldehydes is 1. The second-order valence-electron chi connectivity index (χ2n) is 13.5. The zero-order valence-electron chi connectivity index (χ0n) is 24.4. The summed E-state index contributed by atoms with van der Waals surface area (Å²) in [6.07, 6.45) is 8.57. The van der Waals surface area contributed by atoms with E-state index in [1.54, 1.807) is 19.1 Å². The van der Waals surface area contributed by atoms with E-state index in [-0.39, 0.29) is 41.0 Å². The minimum Gasteiger partial charge on any atom is -0.507 e. The normalized spacial score (nSPS) is 32.3. The fraction of sp³-hybridized carbons (Fsp3) is 0.545.